The van der Waals surface area contributed by atoms with Gasteiger partial charge in [0.2, 0.25) is 0 Å². The summed E-state index contributed by atoms with van der Waals surface area (Å²) >= 11 is 0. The van der Waals surface area contributed by atoms with E-state index in [9.17, 15) is 9.59 Å². The number of benzene rings is 1. The van der Waals surface area contributed by atoms with Crippen LogP contribution in [0.15, 0.2) is 18.2 Å². The van der Waals surface area contributed by atoms with Crippen molar-refractivity contribution in [2.45, 2.75) is 13.5 Å². The molecule has 0 N–H and O–H groups in total. The topological polar surface area (TPSA) is 52.6 Å². The summed E-state index contributed by atoms with van der Waals surface area (Å²) in [5.41, 5.74) is 1.37. The number of hydrogen-bond donors (Lipinski definition) is 0. The minimum absolute atomic E-state index is 0.238. The summed E-state index contributed by atoms with van der Waals surface area (Å²) in [5, 5.41) is 0. The van der Waals surface area contributed by atoms with Gasteiger partial charge in [-0.3, -0.25) is 0 Å². The molecule has 0 fully saturated rings. The first-order valence-electron chi connectivity index (χ1n) is 4.70. The molecule has 0 amide bonds. The number of carbonyl (C=O) groups is 2. The number of ether oxygens (including phenoxy) is 2. The van der Waals surface area contributed by atoms with Crippen molar-refractivity contribution in [3.63, 3.8) is 0 Å². The highest BCUT2D eigenvalue weighted by Gasteiger charge is 2.27. The first kappa shape index (κ1) is 9.71. The third kappa shape index (κ3) is 1.58. The summed E-state index contributed by atoms with van der Waals surface area (Å²) in [5.74, 6) is -0.929. The van der Waals surface area contributed by atoms with Gasteiger partial charge in [0.1, 0.15) is 6.61 Å². The molecule has 0 aromatic heterocycles. The highest BCUT2D eigenvalue weighted by molar-refractivity contribution is 6.05. The Hall–Kier alpha value is -1.84. The lowest BCUT2D eigenvalue weighted by atomic mass is 10.0. The van der Waals surface area contributed by atoms with Crippen LogP contribution in [0.25, 0.3) is 0 Å². The fraction of sp³-hybridized carbons (Fsp3) is 0.273. The molecule has 0 bridgehead atoms. The minimum Gasteiger partial charge on any atom is -0.462 e. The van der Waals surface area contributed by atoms with Crippen molar-refractivity contribution in [2.75, 3.05) is 6.61 Å². The van der Waals surface area contributed by atoms with Crippen LogP contribution in [0, 0.1) is 0 Å². The van der Waals surface area contributed by atoms with Gasteiger partial charge in [-0.2, -0.15) is 0 Å². The summed E-state index contributed by atoms with van der Waals surface area (Å²) < 4.78 is 9.70. The lowest BCUT2D eigenvalue weighted by molar-refractivity contribution is 0.0491. The molecular formula is C11H10O4. The molecule has 1 aromatic rings. The van der Waals surface area contributed by atoms with E-state index in [0.29, 0.717) is 5.56 Å². The molecule has 0 atom stereocenters. The van der Waals surface area contributed by atoms with Crippen molar-refractivity contribution >= 4 is 11.9 Å². The third-order valence-electron chi connectivity index (χ3n) is 2.21. The summed E-state index contributed by atoms with van der Waals surface area (Å²) in [4.78, 5) is 22.9. The van der Waals surface area contributed by atoms with Gasteiger partial charge in [-0.25, -0.2) is 9.59 Å². The maximum absolute atomic E-state index is 11.5. The maximum Gasteiger partial charge on any atom is 0.339 e. The van der Waals surface area contributed by atoms with Crippen LogP contribution < -0.4 is 0 Å². The van der Waals surface area contributed by atoms with E-state index in [2.05, 4.69) is 0 Å². The van der Waals surface area contributed by atoms with Gasteiger partial charge in [0.15, 0.2) is 0 Å². The van der Waals surface area contributed by atoms with E-state index in [0.717, 1.165) is 5.56 Å². The van der Waals surface area contributed by atoms with Crippen LogP contribution in [0.5, 0.6) is 0 Å². The number of carbonyl (C=O) groups excluding carboxylic acids is 2. The van der Waals surface area contributed by atoms with E-state index in [1.54, 1.807) is 25.1 Å². The minimum atomic E-state index is -0.479. The van der Waals surface area contributed by atoms with Crippen LogP contribution >= 0.6 is 0 Å². The highest BCUT2D eigenvalue weighted by atomic mass is 16.5. The molecule has 0 aliphatic carbocycles. The van der Waals surface area contributed by atoms with Crippen LogP contribution in [0.2, 0.25) is 0 Å². The van der Waals surface area contributed by atoms with Crippen molar-refractivity contribution in [3.05, 3.63) is 34.9 Å². The Kier molecular flexibility index (Phi) is 2.41. The van der Waals surface area contributed by atoms with Crippen LogP contribution in [-0.4, -0.2) is 18.5 Å². The smallest absolute Gasteiger partial charge is 0.339 e. The zero-order valence-corrected chi connectivity index (χ0v) is 8.28. The maximum atomic E-state index is 11.5. The van der Waals surface area contributed by atoms with E-state index < -0.39 is 11.9 Å². The number of hydrogen-bond acceptors (Lipinski definition) is 4. The second-order valence-electron chi connectivity index (χ2n) is 3.14. The quantitative estimate of drug-likeness (QED) is 0.688. The molecule has 1 heterocycles. The second kappa shape index (κ2) is 3.73. The molecule has 0 spiro atoms. The highest BCUT2D eigenvalue weighted by Crippen LogP contribution is 2.23. The fourth-order valence-corrected chi connectivity index (χ4v) is 1.56. The Morgan fingerprint density at radius 3 is 3.07 bits per heavy atom. The molecule has 0 saturated carbocycles. The van der Waals surface area contributed by atoms with E-state index in [4.69, 9.17) is 9.47 Å². The van der Waals surface area contributed by atoms with Crippen LogP contribution in [-0.2, 0) is 16.1 Å². The van der Waals surface area contributed by atoms with Gasteiger partial charge in [-0.15, -0.1) is 0 Å². The van der Waals surface area contributed by atoms with E-state index in [1.807, 2.05) is 0 Å². The largest absolute Gasteiger partial charge is 0.462 e. The predicted octanol–water partition coefficient (Wildman–Crippen LogP) is 1.53. The van der Waals surface area contributed by atoms with Gasteiger partial charge in [0.25, 0.3) is 0 Å². The van der Waals surface area contributed by atoms with Gasteiger partial charge < -0.3 is 9.47 Å². The monoisotopic (exact) mass is 206 g/mol. The van der Waals surface area contributed by atoms with Crippen LogP contribution in [0.1, 0.15) is 33.2 Å². The Labute approximate surface area is 86.8 Å². The number of fused-ring (bicyclic) bond motifs is 1. The molecule has 15 heavy (non-hydrogen) atoms. The van der Waals surface area contributed by atoms with Crippen molar-refractivity contribution in [1.29, 1.82) is 0 Å². The summed E-state index contributed by atoms with van der Waals surface area (Å²) in [7, 11) is 0. The lowest BCUT2D eigenvalue weighted by Crippen LogP contribution is -2.10. The molecule has 2 rings (SSSR count). The van der Waals surface area contributed by atoms with Crippen molar-refractivity contribution in [2.24, 2.45) is 0 Å². The molecule has 4 heteroatoms. The molecule has 0 saturated heterocycles. The Morgan fingerprint density at radius 2 is 2.33 bits per heavy atom. The van der Waals surface area contributed by atoms with E-state index in [1.165, 1.54) is 0 Å². The van der Waals surface area contributed by atoms with E-state index >= 15 is 0 Å². The normalized spacial score (nSPS) is 13.3. The SMILES string of the molecule is CCOC(=O)c1cccc2c1C(=O)OC2. The average molecular weight is 206 g/mol. The Morgan fingerprint density at radius 1 is 1.53 bits per heavy atom. The molecular weight excluding hydrogens is 196 g/mol. The summed E-state index contributed by atoms with van der Waals surface area (Å²) in [6, 6.07) is 5.05. The molecule has 0 unspecified atom stereocenters. The Bertz CT molecular complexity index is 423. The van der Waals surface area contributed by atoms with Crippen molar-refractivity contribution in [3.8, 4) is 0 Å². The average Bonchev–Trinajstić information content (AvgIpc) is 2.61. The van der Waals surface area contributed by atoms with Gasteiger partial charge in [-0.05, 0) is 13.0 Å². The van der Waals surface area contributed by atoms with Gasteiger partial charge >= 0.3 is 11.9 Å². The van der Waals surface area contributed by atoms with Crippen LogP contribution in [0.4, 0.5) is 0 Å². The molecule has 0 radical (unpaired) electrons. The van der Waals surface area contributed by atoms with Crippen molar-refractivity contribution < 1.29 is 19.1 Å². The van der Waals surface area contributed by atoms with Gasteiger partial charge in [0, 0.05) is 5.56 Å². The zero-order valence-electron chi connectivity index (χ0n) is 8.28. The number of esters is 2. The first-order valence-corrected chi connectivity index (χ1v) is 4.70. The summed E-state index contributed by atoms with van der Waals surface area (Å²) in [6.07, 6.45) is 0. The molecule has 78 valence electrons. The molecule has 4 nitrogen and oxygen atoms in total. The number of rotatable bonds is 2. The fourth-order valence-electron chi connectivity index (χ4n) is 1.56. The van der Waals surface area contributed by atoms with Crippen molar-refractivity contribution in [1.82, 2.24) is 0 Å². The Balaban J connectivity index is 2.45. The van der Waals surface area contributed by atoms with Crippen LogP contribution in [0.3, 0.4) is 0 Å². The van der Waals surface area contributed by atoms with Gasteiger partial charge in [-0.1, -0.05) is 12.1 Å². The molecule has 1 aliphatic heterocycles. The molecule has 1 aliphatic rings. The molecule has 1 aromatic carbocycles. The van der Waals surface area contributed by atoms with Gasteiger partial charge in [0.05, 0.1) is 17.7 Å². The summed E-state index contributed by atoms with van der Waals surface area (Å²) in [6.45, 7) is 2.25. The number of cyclic esters (lactones) is 1. The standard InChI is InChI=1S/C11H10O4/c1-2-14-10(12)8-5-3-4-7-6-15-11(13)9(7)8/h3-5H,2,6H2,1H3. The lowest BCUT2D eigenvalue weighted by Gasteiger charge is -2.04. The first-order chi connectivity index (χ1) is 7.24. The predicted molar refractivity (Wildman–Crippen MR) is 51.5 cm³/mol. The van der Waals surface area contributed by atoms with E-state index in [-0.39, 0.29) is 18.8 Å². The second-order valence-corrected chi connectivity index (χ2v) is 3.14. The third-order valence-corrected chi connectivity index (χ3v) is 2.21. The zero-order chi connectivity index (χ0) is 10.8.